The second kappa shape index (κ2) is 12.0. The lowest BCUT2D eigenvalue weighted by Crippen LogP contribution is -2.37. The van der Waals surface area contributed by atoms with E-state index in [1.807, 2.05) is 18.7 Å². The summed E-state index contributed by atoms with van der Waals surface area (Å²) in [4.78, 5) is 42.1. The third-order valence-corrected chi connectivity index (χ3v) is 5.40. The first kappa shape index (κ1) is 25.1. The number of nitrogens with zero attached hydrogens (tertiary/aromatic N) is 2. The Morgan fingerprint density at radius 1 is 1.31 bits per heavy atom. The number of hydrogen-bond acceptors (Lipinski definition) is 6. The number of carbonyl (C=O) groups excluding carboxylic acids is 2. The van der Waals surface area contributed by atoms with Crippen LogP contribution in [0.15, 0.2) is 52.0 Å². The van der Waals surface area contributed by atoms with Gasteiger partial charge in [0.2, 0.25) is 11.7 Å². The van der Waals surface area contributed by atoms with Crippen molar-refractivity contribution < 1.29 is 24.2 Å². The van der Waals surface area contributed by atoms with Gasteiger partial charge in [-0.3, -0.25) is 9.59 Å². The topological polar surface area (TPSA) is 122 Å². The number of aliphatic carboxylic acids is 1. The first-order chi connectivity index (χ1) is 15.2. The zero-order valence-corrected chi connectivity index (χ0v) is 19.1. The number of allylic oxidation sites excluding steroid dienone is 4. The monoisotopic (exact) mass is 443 g/mol. The van der Waals surface area contributed by atoms with Crippen LogP contribution in [0, 0.1) is 5.92 Å². The lowest BCUT2D eigenvalue weighted by Gasteiger charge is -2.31. The Balaban J connectivity index is 2.51. The van der Waals surface area contributed by atoms with Crippen molar-refractivity contribution in [3.63, 3.8) is 0 Å². The van der Waals surface area contributed by atoms with Crippen molar-refractivity contribution in [3.8, 4) is 0 Å². The smallest absolute Gasteiger partial charge is 0.341 e. The lowest BCUT2D eigenvalue weighted by molar-refractivity contribution is -0.139. The predicted molar refractivity (Wildman–Crippen MR) is 122 cm³/mol. The highest BCUT2D eigenvalue weighted by molar-refractivity contribution is 6.43. The van der Waals surface area contributed by atoms with Gasteiger partial charge in [0.25, 0.3) is 5.91 Å². The van der Waals surface area contributed by atoms with E-state index in [-0.39, 0.29) is 17.4 Å². The largest absolute Gasteiger partial charge is 0.479 e. The molecule has 0 fully saturated rings. The number of rotatable bonds is 10. The maximum absolute atomic E-state index is 12.9. The van der Waals surface area contributed by atoms with Crippen LogP contribution in [0.25, 0.3) is 0 Å². The van der Waals surface area contributed by atoms with Gasteiger partial charge in [-0.2, -0.15) is 0 Å². The second-order valence-electron chi connectivity index (χ2n) is 8.07. The zero-order valence-electron chi connectivity index (χ0n) is 19.1. The van der Waals surface area contributed by atoms with Gasteiger partial charge in [0.15, 0.2) is 6.61 Å². The molecule has 1 amide bonds. The van der Waals surface area contributed by atoms with Crippen LogP contribution in [0.5, 0.6) is 0 Å². The molecule has 0 bridgehead atoms. The molecule has 1 heterocycles. The normalized spacial score (nSPS) is 18.7. The van der Waals surface area contributed by atoms with Crippen LogP contribution >= 0.6 is 0 Å². The molecule has 0 spiro atoms. The molecule has 0 saturated carbocycles. The Labute approximate surface area is 189 Å². The summed E-state index contributed by atoms with van der Waals surface area (Å²) in [5.74, 6) is -3.28. The highest BCUT2D eigenvalue weighted by Crippen LogP contribution is 2.30. The summed E-state index contributed by atoms with van der Waals surface area (Å²) in [5.41, 5.74) is 7.83. The predicted octanol–water partition coefficient (Wildman–Crippen LogP) is 3.46. The molecule has 8 nitrogen and oxygen atoms in total. The van der Waals surface area contributed by atoms with Gasteiger partial charge in [-0.05, 0) is 44.9 Å². The summed E-state index contributed by atoms with van der Waals surface area (Å²) in [6.45, 7) is 5.53. The molecule has 1 atom stereocenters. The molecular formula is C24H33N3O5. The summed E-state index contributed by atoms with van der Waals surface area (Å²) < 4.78 is 5.49. The maximum atomic E-state index is 12.9. The summed E-state index contributed by atoms with van der Waals surface area (Å²) in [5, 5.41) is 9.11. The van der Waals surface area contributed by atoms with Gasteiger partial charge in [0.1, 0.15) is 5.70 Å². The average molecular weight is 444 g/mol. The minimum atomic E-state index is -1.16. The van der Waals surface area contributed by atoms with Crippen molar-refractivity contribution in [3.05, 3.63) is 47.0 Å². The molecule has 0 aromatic heterocycles. The Hall–Kier alpha value is -3.16. The number of carboxylic acids is 1. The number of carbonyl (C=O) groups is 3. The number of Topliss-reactive ketones (excluding diaryl/α,β-unsaturated/α-hetero) is 1. The SMILES string of the molecule is CCCC(C)/C(C(=O)C(N)=O)=C1/C(OCC(=O)O)=NC(C)=CN1CCC1=CCC=CCC1. The average Bonchev–Trinajstić information content (AvgIpc) is 3.01. The molecule has 8 heteroatoms. The van der Waals surface area contributed by atoms with Crippen LogP contribution in [0.4, 0.5) is 0 Å². The van der Waals surface area contributed by atoms with Crippen molar-refractivity contribution in [1.82, 2.24) is 4.90 Å². The Bertz CT molecular complexity index is 895. The highest BCUT2D eigenvalue weighted by atomic mass is 16.5. The van der Waals surface area contributed by atoms with E-state index in [0.717, 1.165) is 32.1 Å². The minimum Gasteiger partial charge on any atom is -0.479 e. The zero-order chi connectivity index (χ0) is 23.7. The molecule has 0 radical (unpaired) electrons. The van der Waals surface area contributed by atoms with E-state index in [1.54, 1.807) is 13.1 Å². The summed E-state index contributed by atoms with van der Waals surface area (Å²) in [6, 6.07) is 0. The van der Waals surface area contributed by atoms with E-state index >= 15 is 0 Å². The highest BCUT2D eigenvalue weighted by Gasteiger charge is 2.33. The van der Waals surface area contributed by atoms with Crippen molar-refractivity contribution in [2.45, 2.75) is 59.3 Å². The maximum Gasteiger partial charge on any atom is 0.341 e. The fourth-order valence-corrected chi connectivity index (χ4v) is 3.92. The minimum absolute atomic E-state index is 0.0245. The summed E-state index contributed by atoms with van der Waals surface area (Å²) in [6.07, 6.45) is 13.3. The third-order valence-electron chi connectivity index (χ3n) is 5.40. The molecule has 0 aromatic carbocycles. The molecule has 0 aromatic rings. The van der Waals surface area contributed by atoms with Gasteiger partial charge in [-0.25, -0.2) is 9.79 Å². The van der Waals surface area contributed by atoms with Crippen molar-refractivity contribution in [1.29, 1.82) is 0 Å². The Morgan fingerprint density at radius 3 is 2.72 bits per heavy atom. The van der Waals surface area contributed by atoms with E-state index < -0.39 is 24.3 Å². The molecular weight excluding hydrogens is 410 g/mol. The van der Waals surface area contributed by atoms with Crippen molar-refractivity contribution in [2.24, 2.45) is 16.6 Å². The number of aliphatic imine (C=N–C) groups is 1. The number of ketones is 1. The van der Waals surface area contributed by atoms with Crippen molar-refractivity contribution in [2.75, 3.05) is 13.2 Å². The van der Waals surface area contributed by atoms with Gasteiger partial charge in [0.05, 0.1) is 5.70 Å². The van der Waals surface area contributed by atoms with E-state index in [9.17, 15) is 14.4 Å². The molecule has 32 heavy (non-hydrogen) atoms. The quantitative estimate of drug-likeness (QED) is 0.303. The standard InChI is InChI=1S/C24H33N3O5/c1-4-9-16(2)20(22(30)23(25)31)21-24(32-15-19(28)29)26-17(3)14-27(21)13-12-18-10-7-5-6-8-11-18/h5-6,10,14,16H,4,7-9,11-13,15H2,1-3H3,(H2,25,31)(H,28,29)/b21-20+. The number of amides is 1. The van der Waals surface area contributed by atoms with Crippen LogP contribution in [-0.2, 0) is 19.1 Å². The first-order valence-corrected chi connectivity index (χ1v) is 11.0. The molecule has 1 aliphatic heterocycles. The Morgan fingerprint density at radius 2 is 2.06 bits per heavy atom. The first-order valence-electron chi connectivity index (χ1n) is 11.0. The molecule has 2 rings (SSSR count). The molecule has 174 valence electrons. The number of nitrogens with two attached hydrogens (primary N) is 1. The van der Waals surface area contributed by atoms with Crippen LogP contribution < -0.4 is 5.73 Å². The number of carboxylic acid groups (broad SMARTS) is 1. The molecule has 2 aliphatic rings. The van der Waals surface area contributed by atoms with Gasteiger partial charge in [0, 0.05) is 18.3 Å². The van der Waals surface area contributed by atoms with E-state index in [4.69, 9.17) is 15.6 Å². The number of hydrogen-bond donors (Lipinski definition) is 2. The molecule has 1 unspecified atom stereocenters. The fraction of sp³-hybridized carbons (Fsp3) is 0.500. The molecule has 0 saturated heterocycles. The third kappa shape index (κ3) is 6.93. The second-order valence-corrected chi connectivity index (χ2v) is 8.07. The van der Waals surface area contributed by atoms with Gasteiger partial charge in [-0.15, -0.1) is 0 Å². The van der Waals surface area contributed by atoms with Gasteiger partial charge in [-0.1, -0.05) is 44.1 Å². The molecule has 1 aliphatic carbocycles. The van der Waals surface area contributed by atoms with Crippen LogP contribution in [-0.4, -0.2) is 46.7 Å². The molecule has 3 N–H and O–H groups in total. The fourth-order valence-electron chi connectivity index (χ4n) is 3.92. The van der Waals surface area contributed by atoms with Gasteiger partial charge < -0.3 is 20.5 Å². The van der Waals surface area contributed by atoms with Crippen molar-refractivity contribution >= 4 is 23.6 Å². The van der Waals surface area contributed by atoms with E-state index in [2.05, 4.69) is 23.2 Å². The summed E-state index contributed by atoms with van der Waals surface area (Å²) >= 11 is 0. The van der Waals surface area contributed by atoms with Crippen LogP contribution in [0.2, 0.25) is 0 Å². The summed E-state index contributed by atoms with van der Waals surface area (Å²) in [7, 11) is 0. The van der Waals surface area contributed by atoms with Crippen LogP contribution in [0.1, 0.15) is 59.3 Å². The van der Waals surface area contributed by atoms with Crippen LogP contribution in [0.3, 0.4) is 0 Å². The van der Waals surface area contributed by atoms with E-state index in [1.165, 1.54) is 5.57 Å². The van der Waals surface area contributed by atoms with E-state index in [0.29, 0.717) is 24.4 Å². The number of ether oxygens (including phenoxy) is 1. The van der Waals surface area contributed by atoms with Gasteiger partial charge >= 0.3 is 5.97 Å². The lowest BCUT2D eigenvalue weighted by atomic mass is 9.89. The Kier molecular flexibility index (Phi) is 9.43. The number of primary amides is 1.